The molecule has 7 heteroatoms. The van der Waals surface area contributed by atoms with Crippen LogP contribution in [0, 0.1) is 5.92 Å². The number of ether oxygens (including phenoxy) is 1. The second kappa shape index (κ2) is 6.89. The number of anilines is 1. The van der Waals surface area contributed by atoms with Crippen LogP contribution < -0.4 is 5.32 Å². The molecule has 0 spiro atoms. The third kappa shape index (κ3) is 4.17. The van der Waals surface area contributed by atoms with E-state index in [2.05, 4.69) is 5.32 Å². The zero-order valence-electron chi connectivity index (χ0n) is 11.6. The second-order valence-corrected chi connectivity index (χ2v) is 5.46. The largest absolute Gasteiger partial charge is 0.481 e. The Labute approximate surface area is 127 Å². The van der Waals surface area contributed by atoms with Crippen molar-refractivity contribution in [1.82, 2.24) is 4.90 Å². The quantitative estimate of drug-likeness (QED) is 0.857. The first-order valence-corrected chi connectivity index (χ1v) is 6.91. The minimum Gasteiger partial charge on any atom is -0.481 e. The average molecular weight is 313 g/mol. The molecule has 1 aliphatic heterocycles. The number of amides is 1. The molecule has 1 heterocycles. The van der Waals surface area contributed by atoms with Crippen molar-refractivity contribution in [3.63, 3.8) is 0 Å². The van der Waals surface area contributed by atoms with E-state index in [-0.39, 0.29) is 25.1 Å². The van der Waals surface area contributed by atoms with Gasteiger partial charge in [-0.25, -0.2) is 0 Å². The number of halogens is 1. The van der Waals surface area contributed by atoms with E-state index in [4.69, 9.17) is 21.4 Å². The number of nitrogens with one attached hydrogen (secondary N) is 1. The highest BCUT2D eigenvalue weighted by molar-refractivity contribution is 6.30. The molecular formula is C14H17ClN2O4. The van der Waals surface area contributed by atoms with Gasteiger partial charge in [-0.1, -0.05) is 11.6 Å². The highest BCUT2D eigenvalue weighted by atomic mass is 35.5. The SMILES string of the molecule is CN(CC(=O)Nc1ccc(Cl)cc1)C1COCC1C(=O)O. The molecule has 6 nitrogen and oxygen atoms in total. The van der Waals surface area contributed by atoms with Crippen LogP contribution in [0.4, 0.5) is 5.69 Å². The zero-order valence-corrected chi connectivity index (χ0v) is 12.3. The van der Waals surface area contributed by atoms with Crippen molar-refractivity contribution in [3.05, 3.63) is 29.3 Å². The van der Waals surface area contributed by atoms with E-state index in [1.165, 1.54) is 0 Å². The zero-order chi connectivity index (χ0) is 15.4. The molecule has 0 radical (unpaired) electrons. The van der Waals surface area contributed by atoms with E-state index in [1.807, 2.05) is 0 Å². The second-order valence-electron chi connectivity index (χ2n) is 5.02. The molecule has 1 amide bonds. The maximum atomic E-state index is 12.0. The van der Waals surface area contributed by atoms with E-state index in [9.17, 15) is 9.59 Å². The summed E-state index contributed by atoms with van der Waals surface area (Å²) >= 11 is 5.77. The first-order valence-electron chi connectivity index (χ1n) is 6.53. The van der Waals surface area contributed by atoms with E-state index < -0.39 is 11.9 Å². The third-order valence-electron chi connectivity index (χ3n) is 3.45. The monoisotopic (exact) mass is 312 g/mol. The molecule has 1 aliphatic rings. The summed E-state index contributed by atoms with van der Waals surface area (Å²) in [6.07, 6.45) is 0. The summed E-state index contributed by atoms with van der Waals surface area (Å²) in [5.74, 6) is -1.71. The van der Waals surface area contributed by atoms with Gasteiger partial charge in [-0.05, 0) is 31.3 Å². The van der Waals surface area contributed by atoms with Crippen molar-refractivity contribution in [2.24, 2.45) is 5.92 Å². The summed E-state index contributed by atoms with van der Waals surface area (Å²) in [6, 6.07) is 6.49. The van der Waals surface area contributed by atoms with Gasteiger partial charge in [0.05, 0.1) is 25.7 Å². The summed E-state index contributed by atoms with van der Waals surface area (Å²) in [5.41, 5.74) is 0.648. The molecule has 1 saturated heterocycles. The summed E-state index contributed by atoms with van der Waals surface area (Å²) < 4.78 is 5.20. The summed E-state index contributed by atoms with van der Waals surface area (Å²) in [4.78, 5) is 24.8. The number of hydrogen-bond acceptors (Lipinski definition) is 4. The standard InChI is InChI=1S/C14H17ClN2O4/c1-17(12-8-21-7-11(12)14(19)20)6-13(18)16-10-4-2-9(15)3-5-10/h2-5,11-12H,6-8H2,1H3,(H,16,18)(H,19,20). The Kier molecular flexibility index (Phi) is 5.17. The predicted octanol–water partition coefficient (Wildman–Crippen LogP) is 1.31. The highest BCUT2D eigenvalue weighted by Crippen LogP contribution is 2.19. The van der Waals surface area contributed by atoms with Gasteiger partial charge >= 0.3 is 5.97 Å². The molecule has 1 fully saturated rings. The first kappa shape index (κ1) is 15.8. The molecule has 2 unspecified atom stereocenters. The number of hydrogen-bond donors (Lipinski definition) is 2. The van der Waals surface area contributed by atoms with Crippen LogP contribution in [0.1, 0.15) is 0 Å². The van der Waals surface area contributed by atoms with Gasteiger partial charge in [-0.3, -0.25) is 14.5 Å². The number of benzene rings is 1. The molecular weight excluding hydrogens is 296 g/mol. The molecule has 1 aromatic carbocycles. The van der Waals surface area contributed by atoms with Crippen molar-refractivity contribution < 1.29 is 19.4 Å². The molecule has 0 aliphatic carbocycles. The van der Waals surface area contributed by atoms with Crippen LogP contribution >= 0.6 is 11.6 Å². The fourth-order valence-electron chi connectivity index (χ4n) is 2.29. The number of likely N-dealkylation sites (N-methyl/N-ethyl adjacent to an activating group) is 1. The maximum Gasteiger partial charge on any atom is 0.310 e. The van der Waals surface area contributed by atoms with Gasteiger partial charge in [0.25, 0.3) is 0 Å². The van der Waals surface area contributed by atoms with Crippen LogP contribution in [0.15, 0.2) is 24.3 Å². The number of carboxylic acid groups (broad SMARTS) is 1. The Morgan fingerprint density at radius 1 is 1.38 bits per heavy atom. The van der Waals surface area contributed by atoms with Crippen LogP contribution in [0.2, 0.25) is 5.02 Å². The maximum absolute atomic E-state index is 12.0. The van der Waals surface area contributed by atoms with Gasteiger partial charge in [0.1, 0.15) is 0 Å². The van der Waals surface area contributed by atoms with Crippen molar-refractivity contribution >= 4 is 29.2 Å². The Hall–Kier alpha value is -1.63. The summed E-state index contributed by atoms with van der Waals surface area (Å²) in [7, 11) is 1.72. The van der Waals surface area contributed by atoms with Crippen LogP contribution in [-0.2, 0) is 14.3 Å². The van der Waals surface area contributed by atoms with Crippen molar-refractivity contribution in [1.29, 1.82) is 0 Å². The molecule has 1 aromatic rings. The number of carbonyl (C=O) groups excluding carboxylic acids is 1. The summed E-state index contributed by atoms with van der Waals surface area (Å²) in [6.45, 7) is 0.602. The van der Waals surface area contributed by atoms with Gasteiger partial charge in [-0.2, -0.15) is 0 Å². The smallest absolute Gasteiger partial charge is 0.310 e. The number of carbonyl (C=O) groups is 2. The lowest BCUT2D eigenvalue weighted by atomic mass is 10.0. The number of aliphatic carboxylic acids is 1. The Morgan fingerprint density at radius 3 is 2.67 bits per heavy atom. The van der Waals surface area contributed by atoms with E-state index in [1.54, 1.807) is 36.2 Å². The van der Waals surface area contributed by atoms with Crippen LogP contribution in [0.3, 0.4) is 0 Å². The molecule has 0 bridgehead atoms. The van der Waals surface area contributed by atoms with Crippen molar-refractivity contribution in [2.75, 3.05) is 32.1 Å². The highest BCUT2D eigenvalue weighted by Gasteiger charge is 2.37. The topological polar surface area (TPSA) is 78.9 Å². The minimum atomic E-state index is -0.901. The van der Waals surface area contributed by atoms with E-state index in [0.717, 1.165) is 0 Å². The lowest BCUT2D eigenvalue weighted by Gasteiger charge is -2.25. The van der Waals surface area contributed by atoms with Gasteiger partial charge in [0.15, 0.2) is 0 Å². The molecule has 114 valence electrons. The van der Waals surface area contributed by atoms with Crippen LogP contribution in [-0.4, -0.2) is 54.7 Å². The Bertz CT molecular complexity index is 520. The molecule has 2 atom stereocenters. The molecule has 2 rings (SSSR count). The molecule has 2 N–H and O–H groups in total. The molecule has 21 heavy (non-hydrogen) atoms. The lowest BCUT2D eigenvalue weighted by Crippen LogP contribution is -2.44. The van der Waals surface area contributed by atoms with Crippen LogP contribution in [0.25, 0.3) is 0 Å². The van der Waals surface area contributed by atoms with Gasteiger partial charge in [0.2, 0.25) is 5.91 Å². The fourth-order valence-corrected chi connectivity index (χ4v) is 2.42. The molecule has 0 saturated carbocycles. The number of nitrogens with zero attached hydrogens (tertiary/aromatic N) is 1. The normalized spacial score (nSPS) is 21.5. The van der Waals surface area contributed by atoms with Gasteiger partial charge in [0, 0.05) is 16.8 Å². The van der Waals surface area contributed by atoms with Crippen molar-refractivity contribution in [3.8, 4) is 0 Å². The Balaban J connectivity index is 1.90. The minimum absolute atomic E-state index is 0.0977. The molecule has 0 aromatic heterocycles. The number of carboxylic acids is 1. The Morgan fingerprint density at radius 2 is 2.05 bits per heavy atom. The van der Waals surface area contributed by atoms with E-state index in [0.29, 0.717) is 17.3 Å². The van der Waals surface area contributed by atoms with Gasteiger partial charge in [-0.15, -0.1) is 0 Å². The third-order valence-corrected chi connectivity index (χ3v) is 3.71. The number of rotatable bonds is 5. The average Bonchev–Trinajstić information content (AvgIpc) is 2.91. The van der Waals surface area contributed by atoms with E-state index >= 15 is 0 Å². The van der Waals surface area contributed by atoms with Crippen LogP contribution in [0.5, 0.6) is 0 Å². The lowest BCUT2D eigenvalue weighted by molar-refractivity contribution is -0.143. The van der Waals surface area contributed by atoms with Gasteiger partial charge < -0.3 is 15.2 Å². The predicted molar refractivity (Wildman–Crippen MR) is 78.4 cm³/mol. The first-order chi connectivity index (χ1) is 9.97. The van der Waals surface area contributed by atoms with Crippen molar-refractivity contribution in [2.45, 2.75) is 6.04 Å². The summed E-state index contributed by atoms with van der Waals surface area (Å²) in [5, 5.41) is 12.4. The fraction of sp³-hybridized carbons (Fsp3) is 0.429.